The lowest BCUT2D eigenvalue weighted by atomic mass is 10.2. The first kappa shape index (κ1) is 30.1. The lowest BCUT2D eigenvalue weighted by molar-refractivity contribution is 0.360. The number of hydrogen-bond donors (Lipinski definition) is 4. The van der Waals surface area contributed by atoms with Crippen molar-refractivity contribution in [2.75, 3.05) is 64.0 Å². The molecule has 0 spiro atoms. The summed E-state index contributed by atoms with van der Waals surface area (Å²) in [6, 6.07) is 12.4. The number of sulfonamides is 2. The fourth-order valence-corrected chi connectivity index (χ4v) is 6.76. The number of para-hydroxylation sites is 2. The van der Waals surface area contributed by atoms with Crippen LogP contribution in [0, 0.1) is 0 Å². The van der Waals surface area contributed by atoms with E-state index in [0.717, 1.165) is 38.3 Å². The van der Waals surface area contributed by atoms with Gasteiger partial charge in [-0.2, -0.15) is 4.98 Å². The third-order valence-electron chi connectivity index (χ3n) is 7.10. The zero-order chi connectivity index (χ0) is 29.9. The summed E-state index contributed by atoms with van der Waals surface area (Å²) in [5.41, 5.74) is 2.71. The van der Waals surface area contributed by atoms with Gasteiger partial charge >= 0.3 is 0 Å². The van der Waals surface area contributed by atoms with Gasteiger partial charge in [0, 0.05) is 25.3 Å². The molecule has 226 valence electrons. The van der Waals surface area contributed by atoms with Crippen LogP contribution in [-0.4, -0.2) is 75.9 Å². The number of anilines is 7. The third-order valence-corrected chi connectivity index (χ3v) is 10.5. The van der Waals surface area contributed by atoms with E-state index < -0.39 is 20.0 Å². The molecule has 1 aromatic heterocycles. The van der Waals surface area contributed by atoms with Crippen molar-refractivity contribution in [1.82, 2.24) is 14.9 Å². The average molecular weight is 635 g/mol. The Bertz CT molecular complexity index is 1650. The topological polar surface area (TPSA) is 149 Å². The van der Waals surface area contributed by atoms with Crippen LogP contribution in [0.4, 0.5) is 40.2 Å². The molecule has 42 heavy (non-hydrogen) atoms. The Morgan fingerprint density at radius 2 is 1.69 bits per heavy atom. The molecule has 1 aliphatic carbocycles. The summed E-state index contributed by atoms with van der Waals surface area (Å²) in [6.07, 6.45) is 3.69. The van der Waals surface area contributed by atoms with Gasteiger partial charge in [0.25, 0.3) is 0 Å². The molecule has 0 unspecified atom stereocenters. The van der Waals surface area contributed by atoms with Gasteiger partial charge in [0.05, 0.1) is 39.9 Å². The molecule has 0 atom stereocenters. The number of aromatic nitrogens is 2. The van der Waals surface area contributed by atoms with Crippen LogP contribution in [0.2, 0.25) is 5.02 Å². The maximum absolute atomic E-state index is 12.6. The van der Waals surface area contributed by atoms with Crippen LogP contribution in [0.25, 0.3) is 0 Å². The molecule has 2 aromatic carbocycles. The van der Waals surface area contributed by atoms with Gasteiger partial charge in [0.1, 0.15) is 5.02 Å². The molecule has 0 bridgehead atoms. The molecule has 1 saturated carbocycles. The monoisotopic (exact) mass is 634 g/mol. The molecular formula is C27H35ClN8O4S2. The fraction of sp³-hybridized carbons (Fsp3) is 0.407. The first-order valence-electron chi connectivity index (χ1n) is 13.8. The Balaban J connectivity index is 1.39. The largest absolute Gasteiger partial charge is 0.369 e. The standard InChI is InChI=1S/C27H35ClN8O4S2/c1-3-41(37,38)33-24-17-19(9-12-25(24)36-14-6-13-35(2)15-16-36)30-27-29-18-21(28)26(32-27)31-22-7-4-5-8-23(22)34-42(39,40)20-10-11-20/h4-5,7-9,12,17-18,20,33-34H,3,6,10-11,13-16H2,1-2H3,(H2,29,30,31,32). The predicted octanol–water partition coefficient (Wildman–Crippen LogP) is 4.42. The lowest BCUT2D eigenvalue weighted by Gasteiger charge is -2.26. The SMILES string of the molecule is CCS(=O)(=O)Nc1cc(Nc2ncc(Cl)c(Nc3ccccc3NS(=O)(=O)C3CC3)n2)ccc1N1CCCN(C)CC1. The minimum Gasteiger partial charge on any atom is -0.369 e. The second kappa shape index (κ2) is 12.5. The quantitative estimate of drug-likeness (QED) is 0.239. The highest BCUT2D eigenvalue weighted by molar-refractivity contribution is 7.93. The number of hydrogen-bond acceptors (Lipinski definition) is 10. The third kappa shape index (κ3) is 7.54. The molecule has 2 fully saturated rings. The Hall–Kier alpha value is -3.33. The highest BCUT2D eigenvalue weighted by Crippen LogP contribution is 2.35. The van der Waals surface area contributed by atoms with Gasteiger partial charge in [-0.3, -0.25) is 9.44 Å². The zero-order valence-corrected chi connectivity index (χ0v) is 25.9. The van der Waals surface area contributed by atoms with Gasteiger partial charge in [0.2, 0.25) is 26.0 Å². The molecule has 4 N–H and O–H groups in total. The van der Waals surface area contributed by atoms with E-state index in [9.17, 15) is 16.8 Å². The van der Waals surface area contributed by atoms with E-state index in [1.807, 2.05) is 12.1 Å². The summed E-state index contributed by atoms with van der Waals surface area (Å²) in [7, 11) is -4.92. The molecule has 1 saturated heterocycles. The van der Waals surface area contributed by atoms with Crippen molar-refractivity contribution >= 4 is 71.9 Å². The molecule has 0 amide bonds. The minimum atomic E-state index is -3.53. The molecule has 0 radical (unpaired) electrons. The first-order chi connectivity index (χ1) is 20.0. The van der Waals surface area contributed by atoms with Crippen molar-refractivity contribution in [3.8, 4) is 0 Å². The number of rotatable bonds is 11. The van der Waals surface area contributed by atoms with E-state index in [0.29, 0.717) is 35.6 Å². The molecule has 2 heterocycles. The predicted molar refractivity (Wildman–Crippen MR) is 169 cm³/mol. The molecule has 12 nitrogen and oxygen atoms in total. The molecule has 15 heteroatoms. The van der Waals surface area contributed by atoms with Crippen LogP contribution in [0.3, 0.4) is 0 Å². The van der Waals surface area contributed by atoms with Crippen molar-refractivity contribution in [2.24, 2.45) is 0 Å². The Morgan fingerprint density at radius 3 is 2.43 bits per heavy atom. The van der Waals surface area contributed by atoms with E-state index in [2.05, 4.69) is 46.9 Å². The second-order valence-corrected chi connectivity index (χ2v) is 14.8. The van der Waals surface area contributed by atoms with Gasteiger partial charge in [-0.25, -0.2) is 21.8 Å². The van der Waals surface area contributed by atoms with Crippen molar-refractivity contribution in [3.05, 3.63) is 53.7 Å². The van der Waals surface area contributed by atoms with Gasteiger partial charge < -0.3 is 20.4 Å². The number of likely N-dealkylation sites (N-methyl/N-ethyl adjacent to an activating group) is 1. The number of benzene rings is 2. The smallest absolute Gasteiger partial charge is 0.235 e. The van der Waals surface area contributed by atoms with Crippen LogP contribution >= 0.6 is 11.6 Å². The van der Waals surface area contributed by atoms with Crippen LogP contribution in [0.15, 0.2) is 48.7 Å². The first-order valence-corrected chi connectivity index (χ1v) is 17.4. The lowest BCUT2D eigenvalue weighted by Crippen LogP contribution is -2.29. The van der Waals surface area contributed by atoms with Gasteiger partial charge in [-0.15, -0.1) is 0 Å². The Morgan fingerprint density at radius 1 is 0.929 bits per heavy atom. The van der Waals surface area contributed by atoms with Crippen LogP contribution < -0.4 is 25.0 Å². The summed E-state index contributed by atoms with van der Waals surface area (Å²) in [5, 5.41) is 6.10. The highest BCUT2D eigenvalue weighted by atomic mass is 35.5. The second-order valence-electron chi connectivity index (χ2n) is 10.4. The molecule has 1 aliphatic heterocycles. The van der Waals surface area contributed by atoms with Gasteiger partial charge in [-0.1, -0.05) is 23.7 Å². The average Bonchev–Trinajstić information content (AvgIpc) is 3.81. The maximum atomic E-state index is 12.6. The Labute approximate surface area is 252 Å². The Kier molecular flexibility index (Phi) is 8.97. The number of nitrogens with one attached hydrogen (secondary N) is 4. The normalized spacial score (nSPS) is 16.5. The van der Waals surface area contributed by atoms with Crippen LogP contribution in [0.5, 0.6) is 0 Å². The zero-order valence-electron chi connectivity index (χ0n) is 23.5. The number of halogens is 1. The van der Waals surface area contributed by atoms with Gasteiger partial charge in [-0.05, 0) is 70.1 Å². The minimum absolute atomic E-state index is 0.0551. The number of nitrogens with zero attached hydrogens (tertiary/aromatic N) is 4. The maximum Gasteiger partial charge on any atom is 0.235 e. The van der Waals surface area contributed by atoms with E-state index in [1.165, 1.54) is 6.20 Å². The van der Waals surface area contributed by atoms with Crippen LogP contribution in [0.1, 0.15) is 26.2 Å². The van der Waals surface area contributed by atoms with E-state index in [4.69, 9.17) is 11.6 Å². The van der Waals surface area contributed by atoms with Crippen molar-refractivity contribution in [3.63, 3.8) is 0 Å². The highest BCUT2D eigenvalue weighted by Gasteiger charge is 2.36. The molecule has 3 aromatic rings. The van der Waals surface area contributed by atoms with Crippen molar-refractivity contribution in [2.45, 2.75) is 31.4 Å². The van der Waals surface area contributed by atoms with Crippen molar-refractivity contribution in [1.29, 1.82) is 0 Å². The van der Waals surface area contributed by atoms with Crippen molar-refractivity contribution < 1.29 is 16.8 Å². The molecule has 2 aliphatic rings. The van der Waals surface area contributed by atoms with E-state index in [1.54, 1.807) is 37.3 Å². The summed E-state index contributed by atoms with van der Waals surface area (Å²) in [5.74, 6) is 0.427. The molecule has 5 rings (SSSR count). The summed E-state index contributed by atoms with van der Waals surface area (Å²) >= 11 is 6.40. The van der Waals surface area contributed by atoms with E-state index >= 15 is 0 Å². The summed E-state index contributed by atoms with van der Waals surface area (Å²) in [6.45, 7) is 5.03. The van der Waals surface area contributed by atoms with Gasteiger partial charge in [0.15, 0.2) is 5.82 Å². The molecular weight excluding hydrogens is 600 g/mol. The van der Waals surface area contributed by atoms with E-state index in [-0.39, 0.29) is 27.8 Å². The van der Waals surface area contributed by atoms with Crippen LogP contribution in [-0.2, 0) is 20.0 Å². The fourth-order valence-electron chi connectivity index (χ4n) is 4.57. The summed E-state index contributed by atoms with van der Waals surface area (Å²) in [4.78, 5) is 13.2. The summed E-state index contributed by atoms with van der Waals surface area (Å²) < 4.78 is 55.6.